The van der Waals surface area contributed by atoms with E-state index >= 15 is 0 Å². The van der Waals surface area contributed by atoms with Gasteiger partial charge >= 0.3 is 0 Å². The molecule has 2 nitrogen and oxygen atoms in total. The van der Waals surface area contributed by atoms with Crippen LogP contribution in [0.3, 0.4) is 0 Å². The minimum Gasteiger partial charge on any atom is -0.489 e. The summed E-state index contributed by atoms with van der Waals surface area (Å²) in [4.78, 5) is 1.25. The molecule has 2 aromatic rings. The SMILES string of the molecule is C=CCOc1ccccc1CNc1ccccc1SC. The molecule has 0 aliphatic rings. The largest absolute Gasteiger partial charge is 0.489 e. The molecular weight excluding hydrogens is 266 g/mol. The molecule has 0 heterocycles. The number of anilines is 1. The lowest BCUT2D eigenvalue weighted by molar-refractivity contribution is 0.359. The number of ether oxygens (including phenoxy) is 1. The Bertz CT molecular complexity index is 568. The maximum absolute atomic E-state index is 5.67. The average molecular weight is 285 g/mol. The van der Waals surface area contributed by atoms with Gasteiger partial charge in [-0.15, -0.1) is 11.8 Å². The van der Waals surface area contributed by atoms with Crippen molar-refractivity contribution >= 4 is 17.4 Å². The average Bonchev–Trinajstić information content (AvgIpc) is 2.52. The van der Waals surface area contributed by atoms with E-state index in [1.807, 2.05) is 24.3 Å². The molecule has 0 saturated carbocycles. The van der Waals surface area contributed by atoms with Gasteiger partial charge in [0.2, 0.25) is 0 Å². The summed E-state index contributed by atoms with van der Waals surface area (Å²) in [5.41, 5.74) is 2.30. The van der Waals surface area contributed by atoms with Crippen LogP contribution in [0.2, 0.25) is 0 Å². The Hall–Kier alpha value is -1.87. The van der Waals surface area contributed by atoms with Crippen LogP contribution in [0.4, 0.5) is 5.69 Å². The van der Waals surface area contributed by atoms with E-state index in [1.54, 1.807) is 17.8 Å². The molecule has 0 aromatic heterocycles. The van der Waals surface area contributed by atoms with Gasteiger partial charge in [0.1, 0.15) is 12.4 Å². The summed E-state index contributed by atoms with van der Waals surface area (Å²) in [6.45, 7) is 4.95. The van der Waals surface area contributed by atoms with E-state index < -0.39 is 0 Å². The second kappa shape index (κ2) is 7.65. The highest BCUT2D eigenvalue weighted by molar-refractivity contribution is 7.98. The molecule has 0 atom stereocenters. The molecule has 2 aromatic carbocycles. The highest BCUT2D eigenvalue weighted by Crippen LogP contribution is 2.26. The quantitative estimate of drug-likeness (QED) is 0.594. The van der Waals surface area contributed by atoms with Crippen LogP contribution >= 0.6 is 11.8 Å². The van der Waals surface area contributed by atoms with Crippen molar-refractivity contribution in [1.29, 1.82) is 0 Å². The van der Waals surface area contributed by atoms with Gasteiger partial charge in [-0.3, -0.25) is 0 Å². The lowest BCUT2D eigenvalue weighted by Gasteiger charge is -2.13. The predicted molar refractivity (Wildman–Crippen MR) is 87.7 cm³/mol. The first kappa shape index (κ1) is 14.5. The van der Waals surface area contributed by atoms with E-state index in [0.717, 1.165) is 23.5 Å². The molecule has 1 N–H and O–H groups in total. The van der Waals surface area contributed by atoms with Crippen molar-refractivity contribution < 1.29 is 4.74 Å². The number of rotatable bonds is 7. The summed E-state index contributed by atoms with van der Waals surface area (Å²) in [6, 6.07) is 16.4. The van der Waals surface area contributed by atoms with Gasteiger partial charge in [0.25, 0.3) is 0 Å². The highest BCUT2D eigenvalue weighted by Gasteiger charge is 2.04. The molecule has 3 heteroatoms. The van der Waals surface area contributed by atoms with E-state index in [4.69, 9.17) is 4.74 Å². The first-order valence-corrected chi connectivity index (χ1v) is 7.76. The molecule has 0 saturated heterocycles. The molecule has 0 bridgehead atoms. The zero-order valence-corrected chi connectivity index (χ0v) is 12.5. The molecule has 0 unspecified atom stereocenters. The summed E-state index contributed by atoms with van der Waals surface area (Å²) in [6.07, 6.45) is 3.84. The topological polar surface area (TPSA) is 21.3 Å². The van der Waals surface area contributed by atoms with Crippen LogP contribution in [0.25, 0.3) is 0 Å². The number of thioether (sulfide) groups is 1. The molecule has 0 radical (unpaired) electrons. The third-order valence-electron chi connectivity index (χ3n) is 2.91. The smallest absolute Gasteiger partial charge is 0.124 e. The number of hydrogen-bond donors (Lipinski definition) is 1. The van der Waals surface area contributed by atoms with Gasteiger partial charge in [-0.25, -0.2) is 0 Å². The van der Waals surface area contributed by atoms with Gasteiger partial charge in [0.05, 0.1) is 0 Å². The Morgan fingerprint density at radius 3 is 2.70 bits per heavy atom. The van der Waals surface area contributed by atoms with Gasteiger partial charge < -0.3 is 10.1 Å². The van der Waals surface area contributed by atoms with E-state index in [9.17, 15) is 0 Å². The van der Waals surface area contributed by atoms with Crippen LogP contribution in [-0.2, 0) is 6.54 Å². The van der Waals surface area contributed by atoms with Crippen molar-refractivity contribution in [3.8, 4) is 5.75 Å². The predicted octanol–water partition coefficient (Wildman–Crippen LogP) is 4.59. The molecule has 2 rings (SSSR count). The second-order valence-electron chi connectivity index (χ2n) is 4.26. The Morgan fingerprint density at radius 1 is 1.15 bits per heavy atom. The van der Waals surface area contributed by atoms with Gasteiger partial charge in [-0.2, -0.15) is 0 Å². The lowest BCUT2D eigenvalue weighted by Crippen LogP contribution is -2.04. The number of benzene rings is 2. The van der Waals surface area contributed by atoms with Gasteiger partial charge in [0.15, 0.2) is 0 Å². The van der Waals surface area contributed by atoms with E-state index in [2.05, 4.69) is 42.4 Å². The zero-order valence-electron chi connectivity index (χ0n) is 11.6. The Balaban J connectivity index is 2.08. The van der Waals surface area contributed by atoms with Crippen LogP contribution in [0.5, 0.6) is 5.75 Å². The Labute approximate surface area is 124 Å². The fraction of sp³-hybridized carbons (Fsp3) is 0.176. The molecule has 20 heavy (non-hydrogen) atoms. The minimum atomic E-state index is 0.526. The zero-order chi connectivity index (χ0) is 14.2. The van der Waals surface area contributed by atoms with Crippen molar-refractivity contribution in [1.82, 2.24) is 0 Å². The fourth-order valence-corrected chi connectivity index (χ4v) is 2.50. The standard InChI is InChI=1S/C17H19NOS/c1-3-12-19-16-10-6-4-8-14(16)13-18-15-9-5-7-11-17(15)20-2/h3-11,18H,1,12-13H2,2H3. The van der Waals surface area contributed by atoms with Crippen molar-refractivity contribution in [3.05, 3.63) is 66.7 Å². The van der Waals surface area contributed by atoms with Gasteiger partial charge in [-0.05, 0) is 24.5 Å². The van der Waals surface area contributed by atoms with E-state index in [-0.39, 0.29) is 0 Å². The van der Waals surface area contributed by atoms with Crippen LogP contribution in [0.1, 0.15) is 5.56 Å². The first-order valence-electron chi connectivity index (χ1n) is 6.53. The minimum absolute atomic E-state index is 0.526. The summed E-state index contributed by atoms with van der Waals surface area (Å²) >= 11 is 1.74. The summed E-state index contributed by atoms with van der Waals surface area (Å²) in [5, 5.41) is 3.47. The molecule has 0 fully saturated rings. The highest BCUT2D eigenvalue weighted by atomic mass is 32.2. The van der Waals surface area contributed by atoms with Crippen molar-refractivity contribution in [2.75, 3.05) is 18.2 Å². The Kier molecular flexibility index (Phi) is 5.56. The lowest BCUT2D eigenvalue weighted by atomic mass is 10.2. The van der Waals surface area contributed by atoms with Gasteiger partial charge in [0, 0.05) is 22.7 Å². The van der Waals surface area contributed by atoms with Crippen LogP contribution in [0.15, 0.2) is 66.1 Å². The van der Waals surface area contributed by atoms with Crippen LogP contribution < -0.4 is 10.1 Å². The normalized spacial score (nSPS) is 10.1. The first-order chi connectivity index (χ1) is 9.85. The number of nitrogens with one attached hydrogen (secondary N) is 1. The second-order valence-corrected chi connectivity index (χ2v) is 5.11. The Morgan fingerprint density at radius 2 is 1.90 bits per heavy atom. The molecule has 104 valence electrons. The summed E-state index contributed by atoms with van der Waals surface area (Å²) in [7, 11) is 0. The van der Waals surface area contributed by atoms with E-state index in [1.165, 1.54) is 4.90 Å². The number of hydrogen-bond acceptors (Lipinski definition) is 3. The molecule has 0 aliphatic carbocycles. The van der Waals surface area contributed by atoms with Crippen LogP contribution in [0, 0.1) is 0 Å². The third kappa shape index (κ3) is 3.81. The molecular formula is C17H19NOS. The van der Waals surface area contributed by atoms with Crippen molar-refractivity contribution in [2.45, 2.75) is 11.4 Å². The van der Waals surface area contributed by atoms with Crippen molar-refractivity contribution in [3.63, 3.8) is 0 Å². The molecule has 0 amide bonds. The maximum atomic E-state index is 5.67. The molecule has 0 spiro atoms. The number of para-hydroxylation sites is 2. The third-order valence-corrected chi connectivity index (χ3v) is 3.70. The summed E-state index contributed by atoms with van der Waals surface area (Å²) in [5.74, 6) is 0.904. The van der Waals surface area contributed by atoms with Crippen molar-refractivity contribution in [2.24, 2.45) is 0 Å². The van der Waals surface area contributed by atoms with Crippen LogP contribution in [-0.4, -0.2) is 12.9 Å². The summed E-state index contributed by atoms with van der Waals surface area (Å²) < 4.78 is 5.67. The van der Waals surface area contributed by atoms with E-state index in [0.29, 0.717) is 6.61 Å². The monoisotopic (exact) mass is 285 g/mol. The fourth-order valence-electron chi connectivity index (χ4n) is 1.92. The van der Waals surface area contributed by atoms with Gasteiger partial charge in [-0.1, -0.05) is 43.0 Å². The maximum Gasteiger partial charge on any atom is 0.124 e. The molecule has 0 aliphatic heterocycles.